The maximum atomic E-state index is 12.5. The molecule has 1 amide bonds. The number of piperidine rings is 1. The highest BCUT2D eigenvalue weighted by Gasteiger charge is 2.25. The van der Waals surface area contributed by atoms with Gasteiger partial charge in [-0.2, -0.15) is 0 Å². The Morgan fingerprint density at radius 2 is 2.00 bits per heavy atom. The Bertz CT molecular complexity index is 956. The monoisotopic (exact) mass is 406 g/mol. The molecule has 1 aliphatic rings. The molecule has 1 fully saturated rings. The Morgan fingerprint density at radius 3 is 2.77 bits per heavy atom. The van der Waals surface area contributed by atoms with Crippen LogP contribution in [0.1, 0.15) is 46.1 Å². The van der Waals surface area contributed by atoms with Crippen LogP contribution in [0.15, 0.2) is 59.4 Å². The molecule has 3 heterocycles. The van der Waals surface area contributed by atoms with Crippen LogP contribution < -0.4 is 10.1 Å². The number of carbonyl (C=O) groups excluding carboxylic acids is 1. The van der Waals surface area contributed by atoms with Crippen molar-refractivity contribution in [1.82, 2.24) is 20.4 Å². The van der Waals surface area contributed by atoms with E-state index < -0.39 is 0 Å². The maximum absolute atomic E-state index is 12.5. The zero-order chi connectivity index (χ0) is 20.8. The Balaban J connectivity index is 1.32. The fourth-order valence-corrected chi connectivity index (χ4v) is 3.79. The highest BCUT2D eigenvalue weighted by atomic mass is 16.5. The van der Waals surface area contributed by atoms with Crippen LogP contribution in [0.2, 0.25) is 0 Å². The summed E-state index contributed by atoms with van der Waals surface area (Å²) in [6, 6.07) is 13.5. The summed E-state index contributed by atoms with van der Waals surface area (Å²) in [5.74, 6) is 1.06. The Morgan fingerprint density at radius 1 is 1.20 bits per heavy atom. The first-order chi connectivity index (χ1) is 14.7. The zero-order valence-corrected chi connectivity index (χ0v) is 17.1. The van der Waals surface area contributed by atoms with Crippen molar-refractivity contribution in [3.05, 3.63) is 77.4 Å². The lowest BCUT2D eigenvalue weighted by Gasteiger charge is -2.31. The van der Waals surface area contributed by atoms with E-state index in [-0.39, 0.29) is 17.6 Å². The van der Waals surface area contributed by atoms with E-state index in [1.807, 2.05) is 48.8 Å². The van der Waals surface area contributed by atoms with Gasteiger partial charge in [-0.3, -0.25) is 14.7 Å². The SMILES string of the molecule is COc1ccc(CNC(=O)c2cc([C@H]3CCCN(Cc4ccncc4)C3)no2)cc1. The minimum atomic E-state index is -0.256. The molecule has 0 radical (unpaired) electrons. The van der Waals surface area contributed by atoms with Crippen molar-refractivity contribution in [2.75, 3.05) is 20.2 Å². The van der Waals surface area contributed by atoms with Crippen LogP contribution in [0.3, 0.4) is 0 Å². The van der Waals surface area contributed by atoms with Gasteiger partial charge < -0.3 is 14.6 Å². The summed E-state index contributed by atoms with van der Waals surface area (Å²) in [4.78, 5) is 19.0. The van der Waals surface area contributed by atoms with Crippen molar-refractivity contribution < 1.29 is 14.1 Å². The van der Waals surface area contributed by atoms with Crippen molar-refractivity contribution in [1.29, 1.82) is 0 Å². The van der Waals surface area contributed by atoms with E-state index in [0.717, 1.165) is 49.5 Å². The Labute approximate surface area is 176 Å². The third kappa shape index (κ3) is 5.04. The standard InChI is InChI=1S/C23H26N4O3/c1-29-20-6-4-17(5-7-20)14-25-23(28)22-13-21(26-30-22)19-3-2-12-27(16-19)15-18-8-10-24-11-9-18/h4-11,13,19H,2-3,12,14-16H2,1H3,(H,25,28)/t19-/m0/s1. The van der Waals surface area contributed by atoms with Crippen LogP contribution in [0.5, 0.6) is 5.75 Å². The number of methoxy groups -OCH3 is 1. The zero-order valence-electron chi connectivity index (χ0n) is 17.1. The van der Waals surface area contributed by atoms with Crippen molar-refractivity contribution in [3.63, 3.8) is 0 Å². The van der Waals surface area contributed by atoms with Gasteiger partial charge in [-0.15, -0.1) is 0 Å². The molecule has 1 N–H and O–H groups in total. The van der Waals surface area contributed by atoms with Gasteiger partial charge in [0.05, 0.1) is 12.8 Å². The highest BCUT2D eigenvalue weighted by molar-refractivity contribution is 5.91. The second-order valence-electron chi connectivity index (χ2n) is 7.58. The molecule has 3 aromatic rings. The summed E-state index contributed by atoms with van der Waals surface area (Å²) in [5.41, 5.74) is 3.09. The van der Waals surface area contributed by atoms with E-state index in [1.165, 1.54) is 5.56 Å². The summed E-state index contributed by atoms with van der Waals surface area (Å²) >= 11 is 0. The lowest BCUT2D eigenvalue weighted by atomic mass is 9.94. The second kappa shape index (κ2) is 9.54. The van der Waals surface area contributed by atoms with Gasteiger partial charge in [0, 0.05) is 44.0 Å². The number of nitrogens with one attached hydrogen (secondary N) is 1. The quantitative estimate of drug-likeness (QED) is 0.648. The highest BCUT2D eigenvalue weighted by Crippen LogP contribution is 2.27. The molecule has 0 spiro atoms. The first-order valence-corrected chi connectivity index (χ1v) is 10.2. The summed E-state index contributed by atoms with van der Waals surface area (Å²) in [7, 11) is 1.63. The van der Waals surface area contributed by atoms with Gasteiger partial charge in [-0.25, -0.2) is 0 Å². The first kappa shape index (κ1) is 20.1. The molecule has 156 valence electrons. The van der Waals surface area contributed by atoms with Gasteiger partial charge >= 0.3 is 0 Å². The molecular formula is C23H26N4O3. The Kier molecular flexibility index (Phi) is 6.39. The number of likely N-dealkylation sites (tertiary alicyclic amines) is 1. The van der Waals surface area contributed by atoms with Gasteiger partial charge in [0.25, 0.3) is 5.91 Å². The molecule has 30 heavy (non-hydrogen) atoms. The van der Waals surface area contributed by atoms with E-state index in [1.54, 1.807) is 13.2 Å². The molecule has 0 unspecified atom stereocenters. The summed E-state index contributed by atoms with van der Waals surface area (Å²) in [5, 5.41) is 7.07. The van der Waals surface area contributed by atoms with E-state index in [0.29, 0.717) is 6.54 Å². The molecular weight excluding hydrogens is 380 g/mol. The average Bonchev–Trinajstić information content (AvgIpc) is 3.29. The number of hydrogen-bond acceptors (Lipinski definition) is 6. The Hall–Kier alpha value is -3.19. The largest absolute Gasteiger partial charge is 0.497 e. The third-order valence-corrected chi connectivity index (χ3v) is 5.44. The number of carbonyl (C=O) groups is 1. The smallest absolute Gasteiger partial charge is 0.290 e. The molecule has 4 rings (SSSR count). The molecule has 7 nitrogen and oxygen atoms in total. The maximum Gasteiger partial charge on any atom is 0.290 e. The molecule has 0 bridgehead atoms. The molecule has 2 aromatic heterocycles. The van der Waals surface area contributed by atoms with E-state index in [4.69, 9.17) is 9.26 Å². The van der Waals surface area contributed by atoms with Crippen molar-refractivity contribution >= 4 is 5.91 Å². The van der Waals surface area contributed by atoms with Crippen LogP contribution >= 0.6 is 0 Å². The predicted octanol–water partition coefficient (Wildman–Crippen LogP) is 3.39. The topological polar surface area (TPSA) is 80.5 Å². The van der Waals surface area contributed by atoms with E-state index in [9.17, 15) is 4.79 Å². The van der Waals surface area contributed by atoms with Crippen LogP contribution in [0.4, 0.5) is 0 Å². The number of aromatic nitrogens is 2. The van der Waals surface area contributed by atoms with Gasteiger partial charge in [-0.05, 0) is 54.8 Å². The number of nitrogens with zero attached hydrogens (tertiary/aromatic N) is 3. The lowest BCUT2D eigenvalue weighted by Crippen LogP contribution is -2.34. The fourth-order valence-electron chi connectivity index (χ4n) is 3.79. The van der Waals surface area contributed by atoms with Crippen LogP contribution in [0, 0.1) is 0 Å². The van der Waals surface area contributed by atoms with Crippen molar-refractivity contribution in [3.8, 4) is 5.75 Å². The minimum Gasteiger partial charge on any atom is -0.497 e. The molecule has 7 heteroatoms. The van der Waals surface area contributed by atoms with Crippen LogP contribution in [0.25, 0.3) is 0 Å². The number of ether oxygens (including phenoxy) is 1. The lowest BCUT2D eigenvalue weighted by molar-refractivity contribution is 0.0913. The van der Waals surface area contributed by atoms with E-state index in [2.05, 4.69) is 20.4 Å². The van der Waals surface area contributed by atoms with Gasteiger partial charge in [0.15, 0.2) is 0 Å². The average molecular weight is 406 g/mol. The number of benzene rings is 1. The normalized spacial score (nSPS) is 16.9. The fraction of sp³-hybridized carbons (Fsp3) is 0.348. The molecule has 1 aromatic carbocycles. The molecule has 1 atom stereocenters. The number of amides is 1. The van der Waals surface area contributed by atoms with E-state index >= 15 is 0 Å². The number of pyridine rings is 1. The minimum absolute atomic E-state index is 0.254. The van der Waals surface area contributed by atoms with Gasteiger partial charge in [-0.1, -0.05) is 17.3 Å². The first-order valence-electron chi connectivity index (χ1n) is 10.2. The summed E-state index contributed by atoms with van der Waals surface area (Å²) < 4.78 is 10.5. The van der Waals surface area contributed by atoms with Crippen LogP contribution in [-0.2, 0) is 13.1 Å². The second-order valence-corrected chi connectivity index (χ2v) is 7.58. The summed E-state index contributed by atoms with van der Waals surface area (Å²) in [6.07, 6.45) is 5.80. The molecule has 1 saturated heterocycles. The van der Waals surface area contributed by atoms with Crippen molar-refractivity contribution in [2.45, 2.75) is 31.8 Å². The van der Waals surface area contributed by atoms with Gasteiger partial charge in [0.2, 0.25) is 5.76 Å². The molecule has 0 aliphatic carbocycles. The third-order valence-electron chi connectivity index (χ3n) is 5.44. The number of hydrogen-bond donors (Lipinski definition) is 1. The predicted molar refractivity (Wildman–Crippen MR) is 112 cm³/mol. The van der Waals surface area contributed by atoms with Crippen molar-refractivity contribution in [2.24, 2.45) is 0 Å². The van der Waals surface area contributed by atoms with Gasteiger partial charge in [0.1, 0.15) is 5.75 Å². The van der Waals surface area contributed by atoms with Crippen LogP contribution in [-0.4, -0.2) is 41.1 Å². The number of rotatable bonds is 7. The summed E-state index contributed by atoms with van der Waals surface area (Å²) in [6.45, 7) is 3.28. The molecule has 1 aliphatic heterocycles. The molecule has 0 saturated carbocycles.